The second-order valence-corrected chi connectivity index (χ2v) is 9.02. The van der Waals surface area contributed by atoms with E-state index in [0.717, 1.165) is 10.0 Å². The molecule has 0 spiro atoms. The number of halogens is 1. The van der Waals surface area contributed by atoms with E-state index in [1.807, 2.05) is 0 Å². The summed E-state index contributed by atoms with van der Waals surface area (Å²) in [6.45, 7) is -0.534. The minimum atomic E-state index is -0.680. The molecule has 0 saturated carbocycles. The largest absolute Gasteiger partial charge is 0.422 e. The first kappa shape index (κ1) is 24.3. The Morgan fingerprint density at radius 3 is 2.14 bits per heavy atom. The van der Waals surface area contributed by atoms with Crippen LogP contribution in [0.1, 0.15) is 49.7 Å². The fourth-order valence-corrected chi connectivity index (χ4v) is 4.20. The first-order valence-electron chi connectivity index (χ1n) is 10.7. The van der Waals surface area contributed by atoms with Crippen LogP contribution in [0.5, 0.6) is 5.75 Å². The fourth-order valence-electron chi connectivity index (χ4n) is 3.47. The predicted octanol–water partition coefficient (Wildman–Crippen LogP) is 4.40. The smallest absolute Gasteiger partial charge is 0.353 e. The van der Waals surface area contributed by atoms with Crippen LogP contribution in [0, 0.1) is 0 Å². The minimum Gasteiger partial charge on any atom is -0.422 e. The quantitative estimate of drug-likeness (QED) is 0.202. The second kappa shape index (κ2) is 10.6. The molecule has 2 heterocycles. The van der Waals surface area contributed by atoms with Crippen molar-refractivity contribution in [2.45, 2.75) is 19.3 Å². The third-order valence-corrected chi connectivity index (χ3v) is 6.33. The maximum atomic E-state index is 13.2. The van der Waals surface area contributed by atoms with Crippen LogP contribution in [0.3, 0.4) is 0 Å². The number of hydrogen-bond donors (Lipinski definition) is 0. The van der Waals surface area contributed by atoms with Crippen molar-refractivity contribution in [3.05, 3.63) is 87.1 Å². The van der Waals surface area contributed by atoms with Gasteiger partial charge in [-0.1, -0.05) is 17.7 Å². The number of hydrogen-bond acceptors (Lipinski definition) is 7. The van der Waals surface area contributed by atoms with Gasteiger partial charge < -0.3 is 4.74 Å². The van der Waals surface area contributed by atoms with Crippen LogP contribution in [0.4, 0.5) is 0 Å². The highest BCUT2D eigenvalue weighted by Crippen LogP contribution is 2.21. The van der Waals surface area contributed by atoms with Crippen LogP contribution in [0.2, 0.25) is 5.02 Å². The van der Waals surface area contributed by atoms with Crippen molar-refractivity contribution >= 4 is 52.4 Å². The highest BCUT2D eigenvalue weighted by atomic mass is 35.5. The fraction of sp³-hybridized carbons (Fsp3) is 0.160. The van der Waals surface area contributed by atoms with Crippen molar-refractivity contribution in [2.75, 3.05) is 6.54 Å². The van der Waals surface area contributed by atoms with Crippen molar-refractivity contribution in [1.82, 2.24) is 10.0 Å². The summed E-state index contributed by atoms with van der Waals surface area (Å²) in [6, 6.07) is 15.1. The standard InChI is InChI=1S/C25H19ClN2O6S/c26-18-10-6-17(7-11-18)24(32)27(28-22(30)4-1-5-23(28)31)15-20(29)16-8-12-19(13-9-16)34-25(33)21-3-2-14-35-21/h2-3,6-14H,1,4-5,15H2. The molecule has 0 bridgehead atoms. The summed E-state index contributed by atoms with van der Waals surface area (Å²) in [4.78, 5) is 63.9. The van der Waals surface area contributed by atoms with Gasteiger partial charge in [-0.25, -0.2) is 9.80 Å². The summed E-state index contributed by atoms with van der Waals surface area (Å²) < 4.78 is 5.29. The third-order valence-electron chi connectivity index (χ3n) is 5.22. The van der Waals surface area contributed by atoms with Gasteiger partial charge in [0.15, 0.2) is 5.78 Å². The lowest BCUT2D eigenvalue weighted by Gasteiger charge is -2.35. The Balaban J connectivity index is 1.54. The molecule has 1 aliphatic rings. The van der Waals surface area contributed by atoms with Gasteiger partial charge in [0.25, 0.3) is 5.91 Å². The Bertz CT molecular complexity index is 1260. The van der Waals surface area contributed by atoms with E-state index in [0.29, 0.717) is 16.3 Å². The Morgan fingerprint density at radius 2 is 1.54 bits per heavy atom. The number of thiophene rings is 1. The third kappa shape index (κ3) is 5.64. The van der Waals surface area contributed by atoms with Crippen molar-refractivity contribution in [3.8, 4) is 5.75 Å². The van der Waals surface area contributed by atoms with Gasteiger partial charge in [0, 0.05) is 29.0 Å². The summed E-state index contributed by atoms with van der Waals surface area (Å²) in [5, 5.41) is 3.80. The van der Waals surface area contributed by atoms with Crippen LogP contribution in [0.25, 0.3) is 0 Å². The number of rotatable bonds is 7. The number of carbonyl (C=O) groups excluding carboxylic acids is 5. The number of amides is 3. The van der Waals surface area contributed by atoms with E-state index < -0.39 is 36.0 Å². The molecular formula is C25H19ClN2O6S. The number of hydrazine groups is 1. The monoisotopic (exact) mass is 510 g/mol. The van der Waals surface area contributed by atoms with Crippen LogP contribution in [-0.2, 0) is 9.59 Å². The van der Waals surface area contributed by atoms with E-state index in [1.54, 1.807) is 17.5 Å². The highest BCUT2D eigenvalue weighted by molar-refractivity contribution is 7.12. The number of ketones is 1. The van der Waals surface area contributed by atoms with Gasteiger partial charge in [-0.2, -0.15) is 5.01 Å². The minimum absolute atomic E-state index is 0.0919. The van der Waals surface area contributed by atoms with E-state index in [9.17, 15) is 24.0 Å². The zero-order valence-corrected chi connectivity index (χ0v) is 19.9. The Morgan fingerprint density at radius 1 is 0.914 bits per heavy atom. The van der Waals surface area contributed by atoms with Gasteiger partial charge in [-0.3, -0.25) is 19.2 Å². The van der Waals surface area contributed by atoms with Gasteiger partial charge in [0.2, 0.25) is 11.8 Å². The van der Waals surface area contributed by atoms with Crippen LogP contribution in [0.15, 0.2) is 66.0 Å². The van der Waals surface area contributed by atoms with Gasteiger partial charge in [-0.15, -0.1) is 11.3 Å². The molecule has 1 saturated heterocycles. The summed E-state index contributed by atoms with van der Waals surface area (Å²) in [5.41, 5.74) is 0.385. The van der Waals surface area contributed by atoms with E-state index in [1.165, 1.54) is 59.9 Å². The Kier molecular flexibility index (Phi) is 7.38. The SMILES string of the molecule is O=C(CN(C(=O)c1ccc(Cl)cc1)N1C(=O)CCCC1=O)c1ccc(OC(=O)c2cccs2)cc1. The van der Waals surface area contributed by atoms with E-state index in [2.05, 4.69) is 0 Å². The molecule has 178 valence electrons. The molecule has 35 heavy (non-hydrogen) atoms. The molecule has 0 radical (unpaired) electrons. The topological polar surface area (TPSA) is 101 Å². The molecule has 0 unspecified atom stereocenters. The first-order valence-corrected chi connectivity index (χ1v) is 11.9. The van der Waals surface area contributed by atoms with Gasteiger partial charge in [0.1, 0.15) is 17.2 Å². The molecule has 0 N–H and O–H groups in total. The molecule has 8 nitrogen and oxygen atoms in total. The van der Waals surface area contributed by atoms with Gasteiger partial charge in [-0.05, 0) is 66.4 Å². The molecule has 1 aromatic heterocycles. The summed E-state index contributed by atoms with van der Waals surface area (Å²) in [7, 11) is 0. The molecule has 2 aromatic carbocycles. The highest BCUT2D eigenvalue weighted by Gasteiger charge is 2.36. The zero-order chi connectivity index (χ0) is 24.9. The number of carbonyl (C=O) groups is 5. The number of ether oxygens (including phenoxy) is 1. The average molecular weight is 511 g/mol. The molecule has 0 aliphatic carbocycles. The number of imide groups is 1. The first-order chi connectivity index (χ1) is 16.8. The number of piperidine rings is 1. The molecule has 3 amide bonds. The van der Waals surface area contributed by atoms with Crippen LogP contribution >= 0.6 is 22.9 Å². The predicted molar refractivity (Wildman–Crippen MR) is 128 cm³/mol. The average Bonchev–Trinajstić information content (AvgIpc) is 3.39. The lowest BCUT2D eigenvalue weighted by molar-refractivity contribution is -0.162. The van der Waals surface area contributed by atoms with Crippen LogP contribution < -0.4 is 4.74 Å². The molecular weight excluding hydrogens is 492 g/mol. The number of benzene rings is 2. The number of esters is 1. The van der Waals surface area contributed by atoms with Crippen molar-refractivity contribution in [2.24, 2.45) is 0 Å². The molecule has 4 rings (SSSR count). The Hall–Kier alpha value is -3.82. The van der Waals surface area contributed by atoms with Crippen molar-refractivity contribution < 1.29 is 28.7 Å². The maximum absolute atomic E-state index is 13.2. The van der Waals surface area contributed by atoms with Crippen LogP contribution in [-0.4, -0.2) is 46.0 Å². The van der Waals surface area contributed by atoms with E-state index in [4.69, 9.17) is 16.3 Å². The summed E-state index contributed by atoms with van der Waals surface area (Å²) in [5.74, 6) is -2.55. The molecule has 1 aliphatic heterocycles. The van der Waals surface area contributed by atoms with Crippen molar-refractivity contribution in [3.63, 3.8) is 0 Å². The molecule has 1 fully saturated rings. The Labute approximate surface area is 209 Å². The van der Waals surface area contributed by atoms with E-state index >= 15 is 0 Å². The lowest BCUT2D eigenvalue weighted by atomic mass is 10.1. The molecule has 3 aromatic rings. The second-order valence-electron chi connectivity index (χ2n) is 7.64. The normalized spacial score (nSPS) is 13.5. The lowest BCUT2D eigenvalue weighted by Crippen LogP contribution is -2.56. The number of nitrogens with zero attached hydrogens (tertiary/aromatic N) is 2. The summed E-state index contributed by atoms with van der Waals surface area (Å²) in [6.07, 6.45) is 0.569. The van der Waals surface area contributed by atoms with Crippen molar-refractivity contribution in [1.29, 1.82) is 0 Å². The maximum Gasteiger partial charge on any atom is 0.353 e. The molecule has 0 atom stereocenters. The van der Waals surface area contributed by atoms with Gasteiger partial charge in [0.05, 0.1) is 0 Å². The number of Topliss-reactive ketones (excluding diaryl/α,β-unsaturated/α-hetero) is 1. The van der Waals surface area contributed by atoms with E-state index in [-0.39, 0.29) is 29.7 Å². The zero-order valence-electron chi connectivity index (χ0n) is 18.3. The van der Waals surface area contributed by atoms with Gasteiger partial charge >= 0.3 is 5.97 Å². The summed E-state index contributed by atoms with van der Waals surface area (Å²) >= 11 is 7.15. The molecule has 10 heteroatoms.